The normalized spacial score (nSPS) is 23.3. The van der Waals surface area contributed by atoms with E-state index in [4.69, 9.17) is 5.26 Å². The van der Waals surface area contributed by atoms with E-state index in [1.54, 1.807) is 6.07 Å². The van der Waals surface area contributed by atoms with Gasteiger partial charge in [-0.25, -0.2) is 0 Å². The van der Waals surface area contributed by atoms with Gasteiger partial charge in [0.05, 0.1) is 18.2 Å². The topological polar surface area (TPSA) is 35.8 Å². The Labute approximate surface area is 110 Å². The first kappa shape index (κ1) is 13.9. The van der Waals surface area contributed by atoms with Crippen LogP contribution in [0.3, 0.4) is 0 Å². The minimum Gasteiger partial charge on any atom is -0.301 e. The highest BCUT2D eigenvalue weighted by Crippen LogP contribution is 2.37. The fraction of sp³-hybridized carbons (Fsp3) is 0.500. The Bertz CT molecular complexity index is 476. The minimum atomic E-state index is -4.30. The second-order valence-electron chi connectivity index (χ2n) is 4.81. The van der Waals surface area contributed by atoms with Gasteiger partial charge in [-0.2, -0.15) is 18.4 Å². The van der Waals surface area contributed by atoms with Crippen LogP contribution in [0.15, 0.2) is 24.3 Å². The van der Waals surface area contributed by atoms with Crippen LogP contribution in [0.4, 0.5) is 13.2 Å². The molecule has 0 bridgehead atoms. The number of halogens is 3. The van der Waals surface area contributed by atoms with Crippen LogP contribution in [0.5, 0.6) is 0 Å². The Hall–Kier alpha value is -1.54. The molecule has 2 rings (SSSR count). The van der Waals surface area contributed by atoms with E-state index in [0.29, 0.717) is 5.56 Å². The molecule has 0 saturated heterocycles. The van der Waals surface area contributed by atoms with Gasteiger partial charge in [-0.05, 0) is 30.4 Å². The number of rotatable bonds is 3. The summed E-state index contributed by atoms with van der Waals surface area (Å²) in [4.78, 5) is 0. The summed E-state index contributed by atoms with van der Waals surface area (Å²) in [5.74, 6) is 0.0654. The van der Waals surface area contributed by atoms with Crippen molar-refractivity contribution in [2.45, 2.75) is 37.4 Å². The lowest BCUT2D eigenvalue weighted by atomic mass is 9.92. The molecule has 5 heteroatoms. The zero-order valence-corrected chi connectivity index (χ0v) is 10.4. The molecule has 1 N–H and O–H groups in total. The molecule has 1 aromatic carbocycles. The minimum absolute atomic E-state index is 0.0654. The summed E-state index contributed by atoms with van der Waals surface area (Å²) in [6, 6.07) is 7.64. The molecular weight excluding hydrogens is 253 g/mol. The maximum Gasteiger partial charge on any atom is 0.416 e. The van der Waals surface area contributed by atoms with E-state index in [-0.39, 0.29) is 18.5 Å². The number of benzene rings is 1. The van der Waals surface area contributed by atoms with E-state index in [2.05, 4.69) is 5.32 Å². The zero-order valence-electron chi connectivity index (χ0n) is 10.4. The summed E-state index contributed by atoms with van der Waals surface area (Å²) in [5.41, 5.74) is 0.110. The summed E-state index contributed by atoms with van der Waals surface area (Å²) >= 11 is 0. The molecule has 0 aliphatic heterocycles. The van der Waals surface area contributed by atoms with Gasteiger partial charge in [-0.3, -0.25) is 0 Å². The molecular formula is C14H15F3N2. The van der Waals surface area contributed by atoms with Crippen LogP contribution >= 0.6 is 0 Å². The maximum absolute atomic E-state index is 12.7. The third-order valence-electron chi connectivity index (χ3n) is 3.60. The Morgan fingerprint density at radius 3 is 2.79 bits per heavy atom. The monoisotopic (exact) mass is 268 g/mol. The molecule has 0 unspecified atom stereocenters. The molecule has 19 heavy (non-hydrogen) atoms. The van der Waals surface area contributed by atoms with E-state index in [0.717, 1.165) is 25.3 Å². The second-order valence-corrected chi connectivity index (χ2v) is 4.81. The molecule has 0 heterocycles. The van der Waals surface area contributed by atoms with Crippen LogP contribution in [0, 0.1) is 11.3 Å². The van der Waals surface area contributed by atoms with E-state index in [1.807, 2.05) is 6.07 Å². The Morgan fingerprint density at radius 1 is 1.32 bits per heavy atom. The molecule has 1 aliphatic rings. The highest BCUT2D eigenvalue weighted by molar-refractivity contribution is 5.30. The van der Waals surface area contributed by atoms with Gasteiger partial charge in [0.25, 0.3) is 0 Å². The molecule has 0 aromatic heterocycles. The van der Waals surface area contributed by atoms with E-state index < -0.39 is 11.7 Å². The fourth-order valence-electron chi connectivity index (χ4n) is 2.73. The van der Waals surface area contributed by atoms with Crippen molar-refractivity contribution in [1.29, 1.82) is 5.26 Å². The summed E-state index contributed by atoms with van der Waals surface area (Å²) < 4.78 is 38.1. The number of nitrogens with zero attached hydrogens (tertiary/aromatic N) is 1. The summed E-state index contributed by atoms with van der Waals surface area (Å²) in [6.07, 6.45) is -1.55. The predicted molar refractivity (Wildman–Crippen MR) is 65.4 cm³/mol. The van der Waals surface area contributed by atoms with Crippen molar-refractivity contribution in [1.82, 2.24) is 5.32 Å². The third-order valence-corrected chi connectivity index (χ3v) is 3.60. The molecule has 1 aliphatic carbocycles. The summed E-state index contributed by atoms with van der Waals surface area (Å²) in [6.45, 7) is 0.236. The van der Waals surface area contributed by atoms with E-state index >= 15 is 0 Å². The SMILES string of the molecule is N#CCN[C@H]1CCC[C@@H]1c1cccc(C(F)(F)F)c1. The summed E-state index contributed by atoms with van der Waals surface area (Å²) in [7, 11) is 0. The van der Waals surface area contributed by atoms with Crippen LogP contribution in [0.2, 0.25) is 0 Å². The molecule has 1 saturated carbocycles. The average molecular weight is 268 g/mol. The van der Waals surface area contributed by atoms with Gasteiger partial charge in [0.2, 0.25) is 0 Å². The number of nitriles is 1. The van der Waals surface area contributed by atoms with Crippen molar-refractivity contribution in [3.05, 3.63) is 35.4 Å². The first-order valence-electron chi connectivity index (χ1n) is 6.30. The number of nitrogens with one attached hydrogen (secondary N) is 1. The smallest absolute Gasteiger partial charge is 0.301 e. The van der Waals surface area contributed by atoms with Crippen molar-refractivity contribution in [2.75, 3.05) is 6.54 Å². The lowest BCUT2D eigenvalue weighted by Crippen LogP contribution is -2.31. The third kappa shape index (κ3) is 3.27. The quantitative estimate of drug-likeness (QED) is 0.852. The Morgan fingerprint density at radius 2 is 2.11 bits per heavy atom. The van der Waals surface area contributed by atoms with Gasteiger partial charge in [0.1, 0.15) is 0 Å². The highest BCUT2D eigenvalue weighted by atomic mass is 19.4. The zero-order chi connectivity index (χ0) is 13.9. The Kier molecular flexibility index (Phi) is 4.11. The van der Waals surface area contributed by atoms with Gasteiger partial charge in [-0.1, -0.05) is 24.6 Å². The standard InChI is InChI=1S/C14H15F3N2/c15-14(16,17)11-4-1-3-10(9-11)12-5-2-6-13(12)19-8-7-18/h1,3-4,9,12-13,19H,2,5-6,8H2/t12-,13+/m1/s1. The van der Waals surface area contributed by atoms with Gasteiger partial charge >= 0.3 is 6.18 Å². The van der Waals surface area contributed by atoms with Crippen LogP contribution < -0.4 is 5.32 Å². The molecule has 2 atom stereocenters. The van der Waals surface area contributed by atoms with E-state index in [9.17, 15) is 13.2 Å². The van der Waals surface area contributed by atoms with Crippen molar-refractivity contribution >= 4 is 0 Å². The van der Waals surface area contributed by atoms with Crippen LogP contribution in [0.25, 0.3) is 0 Å². The first-order chi connectivity index (χ1) is 9.02. The van der Waals surface area contributed by atoms with Gasteiger partial charge in [0.15, 0.2) is 0 Å². The Balaban J connectivity index is 2.19. The molecule has 102 valence electrons. The predicted octanol–water partition coefficient (Wildman–Crippen LogP) is 3.45. The second kappa shape index (κ2) is 5.62. The first-order valence-corrected chi connectivity index (χ1v) is 6.30. The van der Waals surface area contributed by atoms with Crippen LogP contribution in [-0.4, -0.2) is 12.6 Å². The van der Waals surface area contributed by atoms with Crippen molar-refractivity contribution in [2.24, 2.45) is 0 Å². The van der Waals surface area contributed by atoms with Crippen LogP contribution in [-0.2, 0) is 6.18 Å². The van der Waals surface area contributed by atoms with Crippen molar-refractivity contribution in [3.8, 4) is 6.07 Å². The number of hydrogen-bond acceptors (Lipinski definition) is 2. The van der Waals surface area contributed by atoms with Gasteiger partial charge in [0, 0.05) is 6.04 Å². The molecule has 0 spiro atoms. The highest BCUT2D eigenvalue weighted by Gasteiger charge is 2.33. The number of hydrogen-bond donors (Lipinski definition) is 1. The molecule has 0 amide bonds. The molecule has 1 fully saturated rings. The molecule has 1 aromatic rings. The average Bonchev–Trinajstić information content (AvgIpc) is 2.83. The van der Waals surface area contributed by atoms with Crippen molar-refractivity contribution in [3.63, 3.8) is 0 Å². The number of alkyl halides is 3. The largest absolute Gasteiger partial charge is 0.416 e. The van der Waals surface area contributed by atoms with E-state index in [1.165, 1.54) is 12.1 Å². The van der Waals surface area contributed by atoms with Crippen LogP contribution in [0.1, 0.15) is 36.3 Å². The molecule has 0 radical (unpaired) electrons. The fourth-order valence-corrected chi connectivity index (χ4v) is 2.73. The van der Waals surface area contributed by atoms with Gasteiger partial charge < -0.3 is 5.32 Å². The summed E-state index contributed by atoms with van der Waals surface area (Å²) in [5, 5.41) is 11.7. The lowest BCUT2D eigenvalue weighted by Gasteiger charge is -2.21. The molecule has 2 nitrogen and oxygen atoms in total. The lowest BCUT2D eigenvalue weighted by molar-refractivity contribution is -0.137. The van der Waals surface area contributed by atoms with Gasteiger partial charge in [-0.15, -0.1) is 0 Å². The maximum atomic E-state index is 12.7. The van der Waals surface area contributed by atoms with Crippen molar-refractivity contribution < 1.29 is 13.2 Å².